The topological polar surface area (TPSA) is 78.8 Å². The SMILES string of the molecule is C[C@H](CCC(=O)Nc1ccc(Oc2ccccc2)cc1)[C@H]1CC[C@H]2[C@@H]3CC[C@@H]4C[C@H](O)CC[C@]4(C)[C@H]3C[C@H](O)[C@]12C. The van der Waals surface area contributed by atoms with Crippen LogP contribution in [0.2, 0.25) is 0 Å². The Morgan fingerprint density at radius 2 is 1.66 bits per heavy atom. The molecule has 5 nitrogen and oxygen atoms in total. The molecule has 0 aromatic heterocycles. The number of hydrogen-bond acceptors (Lipinski definition) is 4. The second-order valence-corrected chi connectivity index (χ2v) is 14.4. The minimum absolute atomic E-state index is 0.0447. The largest absolute Gasteiger partial charge is 0.457 e. The van der Waals surface area contributed by atoms with E-state index in [1.807, 2.05) is 54.6 Å². The van der Waals surface area contributed by atoms with Crippen molar-refractivity contribution in [3.8, 4) is 11.5 Å². The van der Waals surface area contributed by atoms with Gasteiger partial charge in [-0.05, 0) is 141 Å². The van der Waals surface area contributed by atoms with Crippen LogP contribution in [0.5, 0.6) is 11.5 Å². The molecule has 2 aromatic carbocycles. The van der Waals surface area contributed by atoms with E-state index in [1.165, 1.54) is 19.3 Å². The first-order chi connectivity index (χ1) is 19.7. The van der Waals surface area contributed by atoms with Gasteiger partial charge >= 0.3 is 0 Å². The van der Waals surface area contributed by atoms with Crippen LogP contribution in [0.4, 0.5) is 5.69 Å². The van der Waals surface area contributed by atoms with E-state index in [4.69, 9.17) is 4.74 Å². The fourth-order valence-corrected chi connectivity index (χ4v) is 10.2. The van der Waals surface area contributed by atoms with Crippen molar-refractivity contribution in [3.63, 3.8) is 0 Å². The first-order valence-corrected chi connectivity index (χ1v) is 16.2. The molecule has 222 valence electrons. The Hall–Kier alpha value is -2.37. The summed E-state index contributed by atoms with van der Waals surface area (Å²) in [5, 5.41) is 25.2. The number of hydrogen-bond donors (Lipinski definition) is 3. The van der Waals surface area contributed by atoms with Crippen molar-refractivity contribution in [2.75, 3.05) is 5.32 Å². The maximum Gasteiger partial charge on any atom is 0.224 e. The van der Waals surface area contributed by atoms with Gasteiger partial charge in [0.25, 0.3) is 0 Å². The second-order valence-electron chi connectivity index (χ2n) is 14.4. The van der Waals surface area contributed by atoms with Crippen LogP contribution in [0.1, 0.15) is 85.0 Å². The lowest BCUT2D eigenvalue weighted by Crippen LogP contribution is -2.58. The first kappa shape index (κ1) is 28.7. The fourth-order valence-electron chi connectivity index (χ4n) is 10.2. The predicted octanol–water partition coefficient (Wildman–Crippen LogP) is 7.82. The molecule has 4 aliphatic rings. The van der Waals surface area contributed by atoms with Crippen molar-refractivity contribution >= 4 is 11.6 Å². The third kappa shape index (κ3) is 5.33. The van der Waals surface area contributed by atoms with Crippen LogP contribution in [-0.2, 0) is 4.79 Å². The molecule has 0 aliphatic heterocycles. The van der Waals surface area contributed by atoms with Crippen molar-refractivity contribution in [1.29, 1.82) is 0 Å². The maximum atomic E-state index is 12.9. The number of amides is 1. The highest BCUT2D eigenvalue weighted by atomic mass is 16.5. The Morgan fingerprint density at radius 3 is 2.41 bits per heavy atom. The molecule has 0 heterocycles. The highest BCUT2D eigenvalue weighted by molar-refractivity contribution is 5.90. The van der Waals surface area contributed by atoms with Crippen molar-refractivity contribution in [2.24, 2.45) is 46.3 Å². The molecule has 41 heavy (non-hydrogen) atoms. The quantitative estimate of drug-likeness (QED) is 0.323. The molecule has 0 unspecified atom stereocenters. The van der Waals surface area contributed by atoms with Crippen LogP contribution in [0.25, 0.3) is 0 Å². The number of aliphatic hydroxyl groups is 2. The number of fused-ring (bicyclic) bond motifs is 5. The third-order valence-electron chi connectivity index (χ3n) is 12.4. The number of rotatable bonds is 7. The lowest BCUT2D eigenvalue weighted by molar-refractivity contribution is -0.174. The molecule has 0 spiro atoms. The van der Waals surface area contributed by atoms with E-state index in [1.54, 1.807) is 0 Å². The molecule has 1 amide bonds. The highest BCUT2D eigenvalue weighted by Crippen LogP contribution is 2.68. The molecule has 5 heteroatoms. The third-order valence-corrected chi connectivity index (χ3v) is 12.4. The highest BCUT2D eigenvalue weighted by Gasteiger charge is 2.63. The van der Waals surface area contributed by atoms with Crippen LogP contribution in [0.3, 0.4) is 0 Å². The van der Waals surface area contributed by atoms with Crippen molar-refractivity contribution in [2.45, 2.75) is 97.2 Å². The number of carbonyl (C=O) groups is 1. The summed E-state index contributed by atoms with van der Waals surface area (Å²) in [6.07, 6.45) is 9.65. The molecule has 0 radical (unpaired) electrons. The summed E-state index contributed by atoms with van der Waals surface area (Å²) in [5.74, 6) is 4.84. The molecule has 2 aromatic rings. The van der Waals surface area contributed by atoms with Crippen LogP contribution in [0, 0.1) is 46.3 Å². The van der Waals surface area contributed by atoms with Crippen LogP contribution in [0.15, 0.2) is 54.6 Å². The molecule has 4 aliphatic carbocycles. The summed E-state index contributed by atoms with van der Waals surface area (Å²) in [7, 11) is 0. The number of nitrogens with one attached hydrogen (secondary N) is 1. The van der Waals surface area contributed by atoms with Gasteiger partial charge in [0.2, 0.25) is 5.91 Å². The lowest BCUT2D eigenvalue weighted by Gasteiger charge is -2.62. The average molecular weight is 560 g/mol. The number of benzene rings is 2. The minimum Gasteiger partial charge on any atom is -0.457 e. The molecule has 0 bridgehead atoms. The molecular weight excluding hydrogens is 510 g/mol. The van der Waals surface area contributed by atoms with E-state index in [9.17, 15) is 15.0 Å². The summed E-state index contributed by atoms with van der Waals surface area (Å²) in [6.45, 7) is 7.17. The van der Waals surface area contributed by atoms with Crippen molar-refractivity contribution < 1.29 is 19.7 Å². The molecule has 3 N–H and O–H groups in total. The molecule has 4 saturated carbocycles. The number of carbonyl (C=O) groups excluding carboxylic acids is 1. The Labute approximate surface area is 246 Å². The fraction of sp³-hybridized carbons (Fsp3) is 0.639. The number of anilines is 1. The molecule has 10 atom stereocenters. The maximum absolute atomic E-state index is 12.9. The Bertz CT molecular complexity index is 1200. The Balaban J connectivity index is 1.05. The van der Waals surface area contributed by atoms with Crippen molar-refractivity contribution in [3.05, 3.63) is 54.6 Å². The summed E-state index contributed by atoms with van der Waals surface area (Å²) in [4.78, 5) is 12.9. The van der Waals surface area contributed by atoms with Crippen molar-refractivity contribution in [1.82, 2.24) is 0 Å². The number of ether oxygens (including phenoxy) is 1. The smallest absolute Gasteiger partial charge is 0.224 e. The summed E-state index contributed by atoms with van der Waals surface area (Å²) >= 11 is 0. The minimum atomic E-state index is -0.281. The van der Waals surface area contributed by atoms with Crippen LogP contribution in [-0.4, -0.2) is 28.3 Å². The molecule has 0 saturated heterocycles. The zero-order chi connectivity index (χ0) is 28.8. The normalized spacial score (nSPS) is 38.7. The zero-order valence-electron chi connectivity index (χ0n) is 25.1. The van der Waals surface area contributed by atoms with Gasteiger partial charge in [0.15, 0.2) is 0 Å². The van der Waals surface area contributed by atoms with Crippen LogP contribution >= 0.6 is 0 Å². The van der Waals surface area contributed by atoms with E-state index >= 15 is 0 Å². The van der Waals surface area contributed by atoms with E-state index < -0.39 is 0 Å². The Kier molecular flexibility index (Phi) is 7.97. The van der Waals surface area contributed by atoms with E-state index in [-0.39, 0.29) is 28.9 Å². The van der Waals surface area contributed by atoms with E-state index in [0.29, 0.717) is 41.9 Å². The average Bonchev–Trinajstić information content (AvgIpc) is 3.33. The summed E-state index contributed by atoms with van der Waals surface area (Å²) < 4.78 is 5.86. The molecular formula is C36H49NO4. The van der Waals surface area contributed by atoms with Gasteiger partial charge in [0.05, 0.1) is 12.2 Å². The van der Waals surface area contributed by atoms with Gasteiger partial charge in [-0.2, -0.15) is 0 Å². The Morgan fingerprint density at radius 1 is 0.927 bits per heavy atom. The van der Waals surface area contributed by atoms with Gasteiger partial charge < -0.3 is 20.3 Å². The monoisotopic (exact) mass is 559 g/mol. The first-order valence-electron chi connectivity index (χ1n) is 16.2. The van der Waals surface area contributed by atoms with Gasteiger partial charge in [-0.15, -0.1) is 0 Å². The van der Waals surface area contributed by atoms with Gasteiger partial charge in [0.1, 0.15) is 11.5 Å². The number of aliphatic hydroxyl groups excluding tert-OH is 2. The van der Waals surface area contributed by atoms with Gasteiger partial charge in [-0.1, -0.05) is 39.0 Å². The van der Waals surface area contributed by atoms with Crippen LogP contribution < -0.4 is 10.1 Å². The molecule has 4 fully saturated rings. The number of para-hydroxylation sites is 1. The van der Waals surface area contributed by atoms with Gasteiger partial charge in [-0.25, -0.2) is 0 Å². The second kappa shape index (κ2) is 11.4. The zero-order valence-corrected chi connectivity index (χ0v) is 25.1. The summed E-state index contributed by atoms with van der Waals surface area (Å²) in [6, 6.07) is 17.2. The molecule has 6 rings (SSSR count). The van der Waals surface area contributed by atoms with E-state index in [0.717, 1.165) is 55.7 Å². The van der Waals surface area contributed by atoms with E-state index in [2.05, 4.69) is 26.1 Å². The summed E-state index contributed by atoms with van der Waals surface area (Å²) in [5.41, 5.74) is 0.977. The van der Waals surface area contributed by atoms with Gasteiger partial charge in [-0.3, -0.25) is 4.79 Å². The standard InChI is InChI=1S/C36H49NO4/c1-23(9-18-34(40)37-25-11-13-28(14-12-25)41-27-7-5-4-6-8-27)30-16-17-31-29-15-10-24-21-26(38)19-20-35(24,2)32(29)22-33(39)36(30,31)3/h4-8,11-14,23-24,26,29-33,38-39H,9-10,15-22H2,1-3H3,(H,37,40)/t23-,24-,26-,29+,30-,31+,32+,33+,35+,36-/m1/s1. The predicted molar refractivity (Wildman–Crippen MR) is 163 cm³/mol. The lowest BCUT2D eigenvalue weighted by atomic mass is 9.43. The van der Waals surface area contributed by atoms with Gasteiger partial charge in [0, 0.05) is 12.1 Å².